The molecule has 1 aromatic rings. The van der Waals surface area contributed by atoms with Crippen LogP contribution in [0.25, 0.3) is 0 Å². The van der Waals surface area contributed by atoms with Crippen LogP contribution >= 0.6 is 0 Å². The normalized spacial score (nSPS) is 11.5. The van der Waals surface area contributed by atoms with Crippen LogP contribution in [0.5, 0.6) is 0 Å². The number of hydrogen-bond donors (Lipinski definition) is 2. The Morgan fingerprint density at radius 2 is 1.88 bits per heavy atom. The standard InChI is InChI=1S/C9H12N2O4S/c1-11(2)16(14,15)8-6-4-3-5-7(8)9(12)10-13/h3-6,13H,1-2H3,(H,10,12). The maximum absolute atomic E-state index is 11.8. The number of benzene rings is 1. The summed E-state index contributed by atoms with van der Waals surface area (Å²) < 4.78 is 24.7. The lowest BCUT2D eigenvalue weighted by atomic mass is 10.2. The number of carbonyl (C=O) groups excluding carboxylic acids is 1. The molecule has 6 nitrogen and oxygen atoms in total. The Morgan fingerprint density at radius 3 is 2.38 bits per heavy atom. The third kappa shape index (κ3) is 2.21. The first kappa shape index (κ1) is 12.6. The molecule has 1 rings (SSSR count). The fourth-order valence-corrected chi connectivity index (χ4v) is 2.22. The number of nitrogens with one attached hydrogen (secondary N) is 1. The van der Waals surface area contributed by atoms with Gasteiger partial charge in [0.15, 0.2) is 0 Å². The van der Waals surface area contributed by atoms with Crippen LogP contribution in [0.3, 0.4) is 0 Å². The molecule has 1 aromatic carbocycles. The lowest BCUT2D eigenvalue weighted by molar-refractivity contribution is 0.0702. The second kappa shape index (κ2) is 4.60. The molecule has 0 spiro atoms. The van der Waals surface area contributed by atoms with Gasteiger partial charge in [0, 0.05) is 14.1 Å². The average Bonchev–Trinajstić information content (AvgIpc) is 2.27. The van der Waals surface area contributed by atoms with Crippen molar-refractivity contribution in [2.24, 2.45) is 0 Å². The van der Waals surface area contributed by atoms with Crippen LogP contribution < -0.4 is 5.48 Å². The van der Waals surface area contributed by atoms with Crippen LogP contribution in [0, 0.1) is 0 Å². The molecule has 16 heavy (non-hydrogen) atoms. The highest BCUT2D eigenvalue weighted by atomic mass is 32.2. The van der Waals surface area contributed by atoms with Gasteiger partial charge in [0.2, 0.25) is 10.0 Å². The summed E-state index contributed by atoms with van der Waals surface area (Å²) in [5.74, 6) is -0.860. The van der Waals surface area contributed by atoms with Crippen LogP contribution in [0.4, 0.5) is 0 Å². The molecule has 0 fully saturated rings. The van der Waals surface area contributed by atoms with Gasteiger partial charge < -0.3 is 0 Å². The molecule has 7 heteroatoms. The summed E-state index contributed by atoms with van der Waals surface area (Å²) in [5, 5.41) is 8.51. The van der Waals surface area contributed by atoms with Crippen molar-refractivity contribution in [2.45, 2.75) is 4.90 Å². The van der Waals surface area contributed by atoms with E-state index in [4.69, 9.17) is 5.21 Å². The molecule has 0 saturated heterocycles. The first-order valence-corrected chi connectivity index (χ1v) is 5.81. The number of sulfonamides is 1. The largest absolute Gasteiger partial charge is 0.288 e. The molecule has 2 N–H and O–H groups in total. The molecule has 1 amide bonds. The van der Waals surface area contributed by atoms with E-state index in [0.29, 0.717) is 0 Å². The molecule has 0 aliphatic heterocycles. The molecular weight excluding hydrogens is 232 g/mol. The van der Waals surface area contributed by atoms with Crippen molar-refractivity contribution in [1.29, 1.82) is 0 Å². The summed E-state index contributed by atoms with van der Waals surface area (Å²) in [7, 11) is -0.973. The Hall–Kier alpha value is -1.44. The smallest absolute Gasteiger partial charge is 0.276 e. The Balaban J connectivity index is 3.41. The minimum Gasteiger partial charge on any atom is -0.288 e. The van der Waals surface area contributed by atoms with E-state index in [1.165, 1.54) is 43.8 Å². The maximum Gasteiger partial charge on any atom is 0.276 e. The zero-order valence-electron chi connectivity index (χ0n) is 8.84. The van der Waals surface area contributed by atoms with Gasteiger partial charge in [-0.3, -0.25) is 10.0 Å². The summed E-state index contributed by atoms with van der Waals surface area (Å²) in [5.41, 5.74) is 1.31. The lowest BCUT2D eigenvalue weighted by Gasteiger charge is -2.13. The molecule has 0 radical (unpaired) electrons. The second-order valence-electron chi connectivity index (χ2n) is 3.22. The fourth-order valence-electron chi connectivity index (χ4n) is 1.14. The van der Waals surface area contributed by atoms with Crippen molar-refractivity contribution in [3.63, 3.8) is 0 Å². The predicted molar refractivity (Wildman–Crippen MR) is 56.6 cm³/mol. The van der Waals surface area contributed by atoms with E-state index < -0.39 is 15.9 Å². The Morgan fingerprint density at radius 1 is 1.31 bits per heavy atom. The Labute approximate surface area is 93.5 Å². The van der Waals surface area contributed by atoms with Gasteiger partial charge in [-0.05, 0) is 12.1 Å². The molecule has 0 heterocycles. The van der Waals surface area contributed by atoms with Crippen molar-refractivity contribution in [3.05, 3.63) is 29.8 Å². The van der Waals surface area contributed by atoms with Crippen LogP contribution in [-0.2, 0) is 10.0 Å². The zero-order valence-corrected chi connectivity index (χ0v) is 9.65. The monoisotopic (exact) mass is 244 g/mol. The van der Waals surface area contributed by atoms with Crippen LogP contribution in [-0.4, -0.2) is 37.9 Å². The quantitative estimate of drug-likeness (QED) is 0.581. The van der Waals surface area contributed by atoms with Gasteiger partial charge in [-0.2, -0.15) is 0 Å². The predicted octanol–water partition coefficient (Wildman–Crippen LogP) is 0.0559. The van der Waals surface area contributed by atoms with Crippen molar-refractivity contribution in [3.8, 4) is 0 Å². The number of hydroxylamine groups is 1. The van der Waals surface area contributed by atoms with Gasteiger partial charge in [-0.1, -0.05) is 12.1 Å². The van der Waals surface area contributed by atoms with E-state index in [2.05, 4.69) is 0 Å². The van der Waals surface area contributed by atoms with Gasteiger partial charge >= 0.3 is 0 Å². The molecule has 0 atom stereocenters. The van der Waals surface area contributed by atoms with Crippen LogP contribution in [0.15, 0.2) is 29.2 Å². The Bertz CT molecular complexity index is 496. The minimum absolute atomic E-state index is 0.0984. The van der Waals surface area contributed by atoms with E-state index in [1.807, 2.05) is 0 Å². The first-order chi connectivity index (χ1) is 7.41. The van der Waals surface area contributed by atoms with Gasteiger partial charge in [0.05, 0.1) is 10.5 Å². The minimum atomic E-state index is -3.70. The van der Waals surface area contributed by atoms with Gasteiger partial charge in [0.1, 0.15) is 0 Å². The highest BCUT2D eigenvalue weighted by Gasteiger charge is 2.23. The molecule has 0 aliphatic carbocycles. The molecule has 0 bridgehead atoms. The number of hydrogen-bond acceptors (Lipinski definition) is 4. The molecule has 0 saturated carbocycles. The van der Waals surface area contributed by atoms with Gasteiger partial charge in [-0.15, -0.1) is 0 Å². The maximum atomic E-state index is 11.8. The van der Waals surface area contributed by atoms with Gasteiger partial charge in [0.25, 0.3) is 5.91 Å². The number of rotatable bonds is 3. The second-order valence-corrected chi connectivity index (χ2v) is 5.34. The summed E-state index contributed by atoms with van der Waals surface area (Å²) >= 11 is 0. The fraction of sp³-hybridized carbons (Fsp3) is 0.222. The van der Waals surface area contributed by atoms with Crippen LogP contribution in [0.2, 0.25) is 0 Å². The summed E-state index contributed by atoms with van der Waals surface area (Å²) in [6, 6.07) is 5.64. The third-order valence-electron chi connectivity index (χ3n) is 1.99. The van der Waals surface area contributed by atoms with Crippen molar-refractivity contribution in [2.75, 3.05) is 14.1 Å². The third-order valence-corrected chi connectivity index (χ3v) is 3.87. The summed E-state index contributed by atoms with van der Waals surface area (Å²) in [6.07, 6.45) is 0. The van der Waals surface area contributed by atoms with Crippen LogP contribution in [0.1, 0.15) is 10.4 Å². The highest BCUT2D eigenvalue weighted by Crippen LogP contribution is 2.17. The molecular formula is C9H12N2O4S. The summed E-state index contributed by atoms with van der Waals surface area (Å²) in [4.78, 5) is 11.1. The van der Waals surface area contributed by atoms with E-state index in [1.54, 1.807) is 0 Å². The SMILES string of the molecule is CN(C)S(=O)(=O)c1ccccc1C(=O)NO. The Kier molecular flexibility index (Phi) is 3.63. The molecule has 0 unspecified atom stereocenters. The molecule has 0 aliphatic rings. The topological polar surface area (TPSA) is 86.7 Å². The number of carbonyl (C=O) groups is 1. The number of amides is 1. The molecule has 0 aromatic heterocycles. The lowest BCUT2D eigenvalue weighted by Crippen LogP contribution is -2.27. The van der Waals surface area contributed by atoms with Crippen molar-refractivity contribution in [1.82, 2.24) is 9.79 Å². The van der Waals surface area contributed by atoms with E-state index in [-0.39, 0.29) is 10.5 Å². The average molecular weight is 244 g/mol. The van der Waals surface area contributed by atoms with E-state index >= 15 is 0 Å². The van der Waals surface area contributed by atoms with E-state index in [0.717, 1.165) is 4.31 Å². The summed E-state index contributed by atoms with van der Waals surface area (Å²) in [6.45, 7) is 0. The number of nitrogens with zero attached hydrogens (tertiary/aromatic N) is 1. The highest BCUT2D eigenvalue weighted by molar-refractivity contribution is 7.89. The zero-order chi connectivity index (χ0) is 12.3. The molecule has 88 valence electrons. The van der Waals surface area contributed by atoms with Gasteiger partial charge in [-0.25, -0.2) is 18.2 Å². The van der Waals surface area contributed by atoms with Crippen molar-refractivity contribution >= 4 is 15.9 Å². The van der Waals surface area contributed by atoms with E-state index in [9.17, 15) is 13.2 Å². The van der Waals surface area contributed by atoms with Crippen molar-refractivity contribution < 1.29 is 18.4 Å². The first-order valence-electron chi connectivity index (χ1n) is 4.37.